The molecule has 0 aliphatic carbocycles. The number of nitrogens with zero attached hydrogens (tertiary/aromatic N) is 3. The molecule has 3 aromatic rings. The summed E-state index contributed by atoms with van der Waals surface area (Å²) in [5.74, 6) is 2.26. The number of hydrogen-bond acceptors (Lipinski definition) is 5. The van der Waals surface area contributed by atoms with Gasteiger partial charge < -0.3 is 19.4 Å². The van der Waals surface area contributed by atoms with Gasteiger partial charge in [-0.05, 0) is 37.0 Å². The molecule has 1 aromatic carbocycles. The Bertz CT molecular complexity index is 934. The molecule has 0 amide bonds. The maximum absolute atomic E-state index is 5.76. The van der Waals surface area contributed by atoms with Gasteiger partial charge in [0, 0.05) is 26.8 Å². The first-order chi connectivity index (χ1) is 13.0. The summed E-state index contributed by atoms with van der Waals surface area (Å²) in [6, 6.07) is 8.37. The lowest BCUT2D eigenvalue weighted by Crippen LogP contribution is -2.09. The van der Waals surface area contributed by atoms with Crippen molar-refractivity contribution < 1.29 is 9.47 Å². The van der Waals surface area contributed by atoms with Crippen molar-refractivity contribution in [2.24, 2.45) is 7.05 Å². The molecule has 0 unspecified atom stereocenters. The van der Waals surface area contributed by atoms with Gasteiger partial charge in [-0.3, -0.25) is 0 Å². The fraction of sp³-hybridized carbons (Fsp3) is 0.429. The van der Waals surface area contributed by atoms with Crippen LogP contribution in [0.2, 0.25) is 0 Å². The Labute approximate surface area is 160 Å². The Balaban J connectivity index is 1.94. The van der Waals surface area contributed by atoms with Gasteiger partial charge in [0.25, 0.3) is 0 Å². The Morgan fingerprint density at radius 1 is 1.15 bits per heavy atom. The van der Waals surface area contributed by atoms with Crippen molar-refractivity contribution >= 4 is 16.9 Å². The summed E-state index contributed by atoms with van der Waals surface area (Å²) in [6.07, 6.45) is 1.00. The number of anilines is 1. The fourth-order valence-electron chi connectivity index (χ4n) is 3.23. The van der Waals surface area contributed by atoms with Gasteiger partial charge in [0.2, 0.25) is 5.88 Å². The molecule has 0 saturated heterocycles. The molecule has 1 N–H and O–H groups in total. The third-order valence-electron chi connectivity index (χ3n) is 4.93. The van der Waals surface area contributed by atoms with Crippen molar-refractivity contribution in [2.75, 3.05) is 25.6 Å². The highest BCUT2D eigenvalue weighted by atomic mass is 16.5. The van der Waals surface area contributed by atoms with E-state index in [0.717, 1.165) is 29.1 Å². The number of imidazole rings is 1. The molecule has 0 aliphatic rings. The van der Waals surface area contributed by atoms with E-state index >= 15 is 0 Å². The summed E-state index contributed by atoms with van der Waals surface area (Å²) < 4.78 is 12.9. The monoisotopic (exact) mass is 368 g/mol. The van der Waals surface area contributed by atoms with Gasteiger partial charge in [-0.2, -0.15) is 4.98 Å². The number of methoxy groups -OCH3 is 1. The molecule has 0 saturated carbocycles. The molecule has 0 fully saturated rings. The van der Waals surface area contributed by atoms with Gasteiger partial charge in [-0.1, -0.05) is 25.1 Å². The Hall–Kier alpha value is -2.60. The van der Waals surface area contributed by atoms with Crippen LogP contribution in [0.5, 0.6) is 5.88 Å². The number of rotatable bonds is 8. The van der Waals surface area contributed by atoms with Gasteiger partial charge >= 0.3 is 0 Å². The Morgan fingerprint density at radius 2 is 1.96 bits per heavy atom. The van der Waals surface area contributed by atoms with Gasteiger partial charge in [0.15, 0.2) is 5.82 Å². The lowest BCUT2D eigenvalue weighted by Gasteiger charge is -2.14. The SMILES string of the molecule is CCc1cccc(C)c1CNc1nc(OCCOC)cc2c1nc(C)n2C. The second kappa shape index (κ2) is 8.39. The first-order valence-corrected chi connectivity index (χ1v) is 9.32. The van der Waals surface area contributed by atoms with E-state index in [1.807, 2.05) is 20.0 Å². The molecule has 3 rings (SSSR count). The highest BCUT2D eigenvalue weighted by Gasteiger charge is 2.14. The smallest absolute Gasteiger partial charge is 0.217 e. The first kappa shape index (κ1) is 19.2. The van der Waals surface area contributed by atoms with Crippen LogP contribution >= 0.6 is 0 Å². The normalized spacial score (nSPS) is 11.1. The Morgan fingerprint density at radius 3 is 2.70 bits per heavy atom. The average molecular weight is 368 g/mol. The van der Waals surface area contributed by atoms with E-state index in [-0.39, 0.29) is 0 Å². The highest BCUT2D eigenvalue weighted by molar-refractivity contribution is 5.87. The third kappa shape index (κ3) is 4.06. The molecule has 144 valence electrons. The number of aromatic nitrogens is 3. The van der Waals surface area contributed by atoms with Crippen LogP contribution in [0.3, 0.4) is 0 Å². The summed E-state index contributed by atoms with van der Waals surface area (Å²) in [6.45, 7) is 8.01. The number of ether oxygens (including phenoxy) is 2. The van der Waals surface area contributed by atoms with E-state index in [4.69, 9.17) is 9.47 Å². The van der Waals surface area contributed by atoms with Crippen molar-refractivity contribution in [1.82, 2.24) is 14.5 Å². The van der Waals surface area contributed by atoms with Crippen LogP contribution in [-0.4, -0.2) is 34.9 Å². The standard InChI is InChI=1S/C21H28N4O2/c1-6-16-9-7-8-14(2)17(16)13-22-21-20-18(25(4)15(3)23-20)12-19(24-21)27-11-10-26-5/h7-9,12H,6,10-11,13H2,1-5H3,(H,22,24). The molecule has 2 aromatic heterocycles. The number of benzene rings is 1. The molecule has 2 heterocycles. The molecule has 27 heavy (non-hydrogen) atoms. The number of nitrogens with one attached hydrogen (secondary N) is 1. The van der Waals surface area contributed by atoms with E-state index in [1.54, 1.807) is 7.11 Å². The summed E-state index contributed by atoms with van der Waals surface area (Å²) in [4.78, 5) is 9.35. The molecule has 0 radical (unpaired) electrons. The Kier molecular flexibility index (Phi) is 5.96. The zero-order chi connectivity index (χ0) is 19.4. The molecular formula is C21H28N4O2. The largest absolute Gasteiger partial charge is 0.475 e. The topological polar surface area (TPSA) is 61.2 Å². The van der Waals surface area contributed by atoms with Gasteiger partial charge in [-0.15, -0.1) is 0 Å². The zero-order valence-corrected chi connectivity index (χ0v) is 16.8. The number of pyridine rings is 1. The molecule has 0 spiro atoms. The van der Waals surface area contributed by atoms with Crippen LogP contribution in [0, 0.1) is 13.8 Å². The molecule has 0 bridgehead atoms. The molecule has 0 atom stereocenters. The van der Waals surface area contributed by atoms with E-state index in [0.29, 0.717) is 25.6 Å². The first-order valence-electron chi connectivity index (χ1n) is 9.32. The summed E-state index contributed by atoms with van der Waals surface area (Å²) in [5.41, 5.74) is 5.80. The number of fused-ring (bicyclic) bond motifs is 1. The maximum Gasteiger partial charge on any atom is 0.217 e. The minimum Gasteiger partial charge on any atom is -0.475 e. The molecule has 6 heteroatoms. The van der Waals surface area contributed by atoms with Crippen molar-refractivity contribution in [1.29, 1.82) is 0 Å². The predicted molar refractivity (Wildman–Crippen MR) is 109 cm³/mol. The minimum atomic E-state index is 0.461. The van der Waals surface area contributed by atoms with Gasteiger partial charge in [0.05, 0.1) is 12.1 Å². The van der Waals surface area contributed by atoms with Crippen LogP contribution in [0.1, 0.15) is 29.4 Å². The van der Waals surface area contributed by atoms with Crippen molar-refractivity contribution in [3.8, 4) is 5.88 Å². The average Bonchev–Trinajstić information content (AvgIpc) is 2.95. The predicted octanol–water partition coefficient (Wildman–Crippen LogP) is 3.78. The lowest BCUT2D eigenvalue weighted by molar-refractivity contribution is 0.144. The lowest BCUT2D eigenvalue weighted by atomic mass is 10.00. The van der Waals surface area contributed by atoms with Crippen molar-refractivity contribution in [3.05, 3.63) is 46.8 Å². The van der Waals surface area contributed by atoms with E-state index in [9.17, 15) is 0 Å². The van der Waals surface area contributed by atoms with Crippen molar-refractivity contribution in [3.63, 3.8) is 0 Å². The third-order valence-corrected chi connectivity index (χ3v) is 4.93. The van der Waals surface area contributed by atoms with E-state index in [1.165, 1.54) is 16.7 Å². The van der Waals surface area contributed by atoms with Crippen LogP contribution in [0.15, 0.2) is 24.3 Å². The molecular weight excluding hydrogens is 340 g/mol. The maximum atomic E-state index is 5.76. The second-order valence-electron chi connectivity index (χ2n) is 6.66. The van der Waals surface area contributed by atoms with Crippen LogP contribution < -0.4 is 10.1 Å². The van der Waals surface area contributed by atoms with Crippen molar-refractivity contribution in [2.45, 2.75) is 33.7 Å². The number of hydrogen-bond donors (Lipinski definition) is 1. The van der Waals surface area contributed by atoms with Crippen LogP contribution in [-0.2, 0) is 24.8 Å². The van der Waals surface area contributed by atoms with Gasteiger partial charge in [0.1, 0.15) is 17.9 Å². The molecule has 6 nitrogen and oxygen atoms in total. The summed E-state index contributed by atoms with van der Waals surface area (Å²) >= 11 is 0. The second-order valence-corrected chi connectivity index (χ2v) is 6.66. The fourth-order valence-corrected chi connectivity index (χ4v) is 3.23. The summed E-state index contributed by atoms with van der Waals surface area (Å²) in [7, 11) is 3.66. The highest BCUT2D eigenvalue weighted by Crippen LogP contribution is 2.27. The number of aryl methyl sites for hydroxylation is 4. The van der Waals surface area contributed by atoms with E-state index < -0.39 is 0 Å². The van der Waals surface area contributed by atoms with Crippen LogP contribution in [0.4, 0.5) is 5.82 Å². The summed E-state index contributed by atoms with van der Waals surface area (Å²) in [5, 5.41) is 3.49. The zero-order valence-electron chi connectivity index (χ0n) is 16.8. The minimum absolute atomic E-state index is 0.461. The van der Waals surface area contributed by atoms with Crippen LogP contribution in [0.25, 0.3) is 11.0 Å². The molecule has 0 aliphatic heterocycles. The van der Waals surface area contributed by atoms with E-state index in [2.05, 4.69) is 51.9 Å². The quantitative estimate of drug-likeness (QED) is 0.613. The van der Waals surface area contributed by atoms with Gasteiger partial charge in [-0.25, -0.2) is 4.98 Å².